The minimum absolute atomic E-state index is 0.759. The quantitative estimate of drug-likeness (QED) is 0.190. The Labute approximate surface area is 291 Å². The maximum Gasteiger partial charge on any atom is 0.161 e. The molecule has 51 heavy (non-hydrogen) atoms. The first kappa shape index (κ1) is 27.9. The number of rotatable bonds is 4. The molecule has 0 radical (unpaired) electrons. The van der Waals surface area contributed by atoms with Crippen molar-refractivity contribution >= 4 is 65.7 Å². The van der Waals surface area contributed by atoms with Crippen LogP contribution in [0.3, 0.4) is 0 Å². The average Bonchev–Trinajstić information content (AvgIpc) is 3.87. The van der Waals surface area contributed by atoms with Gasteiger partial charge in [-0.1, -0.05) is 103 Å². The summed E-state index contributed by atoms with van der Waals surface area (Å²) in [7, 11) is 0. The van der Waals surface area contributed by atoms with E-state index < -0.39 is 0 Å². The molecule has 0 amide bonds. The van der Waals surface area contributed by atoms with Crippen LogP contribution in [0.2, 0.25) is 0 Å². The van der Waals surface area contributed by atoms with Gasteiger partial charge in [0.2, 0.25) is 0 Å². The van der Waals surface area contributed by atoms with Gasteiger partial charge >= 0.3 is 0 Å². The van der Waals surface area contributed by atoms with E-state index in [-0.39, 0.29) is 0 Å². The second-order valence-electron chi connectivity index (χ2n) is 12.9. The van der Waals surface area contributed by atoms with Crippen molar-refractivity contribution in [2.24, 2.45) is 0 Å². The van der Waals surface area contributed by atoms with E-state index in [9.17, 15) is 0 Å². The molecule has 0 bridgehead atoms. The Hall–Kier alpha value is -6.98. The predicted molar refractivity (Wildman–Crippen MR) is 207 cm³/mol. The van der Waals surface area contributed by atoms with Crippen LogP contribution >= 0.6 is 0 Å². The molecule has 0 aliphatic rings. The van der Waals surface area contributed by atoms with E-state index >= 15 is 0 Å². The van der Waals surface area contributed by atoms with Gasteiger partial charge < -0.3 is 13.4 Å². The van der Waals surface area contributed by atoms with Crippen molar-refractivity contribution in [1.29, 1.82) is 0 Å². The minimum Gasteiger partial charge on any atom is -0.454 e. The molecule has 0 atom stereocenters. The molecule has 0 saturated heterocycles. The summed E-state index contributed by atoms with van der Waals surface area (Å²) in [5.41, 5.74) is 12.3. The maximum atomic E-state index is 6.68. The lowest BCUT2D eigenvalue weighted by molar-refractivity contribution is 0.668. The van der Waals surface area contributed by atoms with Gasteiger partial charge in [0, 0.05) is 61.5 Å². The molecule has 0 N–H and O–H groups in total. The highest BCUT2D eigenvalue weighted by Gasteiger charge is 2.21. The van der Waals surface area contributed by atoms with E-state index in [1.54, 1.807) is 0 Å². The van der Waals surface area contributed by atoms with Gasteiger partial charge in [0.15, 0.2) is 11.2 Å². The van der Waals surface area contributed by atoms with Crippen molar-refractivity contribution in [2.75, 3.05) is 0 Å². The summed E-state index contributed by atoms with van der Waals surface area (Å²) in [5, 5.41) is 6.67. The molecule has 0 spiro atoms. The Balaban J connectivity index is 1.10. The molecule has 5 heteroatoms. The van der Waals surface area contributed by atoms with Crippen molar-refractivity contribution in [2.45, 2.75) is 0 Å². The van der Waals surface area contributed by atoms with Crippen LogP contribution in [0.4, 0.5) is 0 Å². The summed E-state index contributed by atoms with van der Waals surface area (Å²) in [6.07, 6.45) is 3.76. The number of aromatic nitrogens is 3. The Morgan fingerprint density at radius 2 is 0.843 bits per heavy atom. The molecule has 0 unspecified atom stereocenters. The number of pyridine rings is 2. The molecule has 0 aliphatic carbocycles. The highest BCUT2D eigenvalue weighted by Crippen LogP contribution is 2.44. The number of para-hydroxylation sites is 3. The SMILES string of the molecule is c1ccc(-c2nccc3c2oc2ccccc23)c(-c2ccccc2-c2nccc3c2oc2ccc(-n4c5ccccc5c5ccccc54)cc23)c1. The van der Waals surface area contributed by atoms with Crippen LogP contribution in [0.25, 0.3) is 105 Å². The van der Waals surface area contributed by atoms with Crippen LogP contribution in [0.5, 0.6) is 0 Å². The summed E-state index contributed by atoms with van der Waals surface area (Å²) in [6.45, 7) is 0. The van der Waals surface area contributed by atoms with Crippen molar-refractivity contribution in [3.8, 4) is 39.3 Å². The second kappa shape index (κ2) is 10.8. The lowest BCUT2D eigenvalue weighted by Crippen LogP contribution is -1.93. The van der Waals surface area contributed by atoms with Gasteiger partial charge in [-0.3, -0.25) is 9.97 Å². The van der Waals surface area contributed by atoms with Gasteiger partial charge in [-0.2, -0.15) is 0 Å². The summed E-state index contributed by atoms with van der Waals surface area (Å²) in [5.74, 6) is 0. The fourth-order valence-electron chi connectivity index (χ4n) is 7.92. The number of hydrogen-bond donors (Lipinski definition) is 0. The second-order valence-corrected chi connectivity index (χ2v) is 12.9. The Bertz CT molecular complexity index is 3110. The number of hydrogen-bond acceptors (Lipinski definition) is 4. The zero-order chi connectivity index (χ0) is 33.5. The van der Waals surface area contributed by atoms with Crippen molar-refractivity contribution in [3.63, 3.8) is 0 Å². The molecule has 6 aromatic carbocycles. The third kappa shape index (κ3) is 4.09. The van der Waals surface area contributed by atoms with E-state index in [1.165, 1.54) is 21.8 Å². The molecule has 5 heterocycles. The van der Waals surface area contributed by atoms with Gasteiger partial charge in [-0.25, -0.2) is 0 Å². The van der Waals surface area contributed by atoms with E-state index in [4.69, 9.17) is 18.8 Å². The van der Waals surface area contributed by atoms with Gasteiger partial charge in [0.25, 0.3) is 0 Å². The smallest absolute Gasteiger partial charge is 0.161 e. The van der Waals surface area contributed by atoms with Crippen molar-refractivity contribution < 1.29 is 8.83 Å². The van der Waals surface area contributed by atoms with Crippen LogP contribution < -0.4 is 0 Å². The molecule has 11 aromatic rings. The van der Waals surface area contributed by atoms with E-state index in [2.05, 4.69) is 132 Å². The first-order valence-electron chi connectivity index (χ1n) is 17.1. The third-order valence-electron chi connectivity index (χ3n) is 10.2. The molecular formula is C46H27N3O2. The minimum atomic E-state index is 0.759. The average molecular weight is 654 g/mol. The highest BCUT2D eigenvalue weighted by molar-refractivity contribution is 6.13. The van der Waals surface area contributed by atoms with Gasteiger partial charge in [-0.05, 0) is 59.7 Å². The van der Waals surface area contributed by atoms with Crippen molar-refractivity contribution in [3.05, 3.63) is 164 Å². The lowest BCUT2D eigenvalue weighted by atomic mass is 9.91. The summed E-state index contributed by atoms with van der Waals surface area (Å²) >= 11 is 0. The summed E-state index contributed by atoms with van der Waals surface area (Å²) in [4.78, 5) is 9.84. The summed E-state index contributed by atoms with van der Waals surface area (Å²) in [6, 6.07) is 52.7. The zero-order valence-corrected chi connectivity index (χ0v) is 27.2. The normalized spacial score (nSPS) is 11.9. The summed E-state index contributed by atoms with van der Waals surface area (Å²) < 4.78 is 15.5. The largest absolute Gasteiger partial charge is 0.454 e. The van der Waals surface area contributed by atoms with Gasteiger partial charge in [0.05, 0.1) is 11.0 Å². The topological polar surface area (TPSA) is 57.0 Å². The van der Waals surface area contributed by atoms with Crippen LogP contribution in [-0.2, 0) is 0 Å². The fraction of sp³-hybridized carbons (Fsp3) is 0. The number of benzene rings is 6. The van der Waals surface area contributed by atoms with Crippen LogP contribution in [-0.4, -0.2) is 14.5 Å². The molecular weight excluding hydrogens is 627 g/mol. The molecule has 11 rings (SSSR count). The molecule has 0 saturated carbocycles. The molecule has 5 aromatic heterocycles. The van der Waals surface area contributed by atoms with E-state index in [0.29, 0.717) is 0 Å². The van der Waals surface area contributed by atoms with Gasteiger partial charge in [0.1, 0.15) is 22.6 Å². The molecule has 5 nitrogen and oxygen atoms in total. The molecule has 238 valence electrons. The Morgan fingerprint density at radius 1 is 0.373 bits per heavy atom. The van der Waals surface area contributed by atoms with Crippen LogP contribution in [0.15, 0.2) is 173 Å². The maximum absolute atomic E-state index is 6.68. The predicted octanol–water partition coefficient (Wildman–Crippen LogP) is 12.4. The molecule has 0 fully saturated rings. The van der Waals surface area contributed by atoms with Crippen LogP contribution in [0, 0.1) is 0 Å². The third-order valence-corrected chi connectivity index (χ3v) is 10.2. The Kier molecular flexibility index (Phi) is 5.89. The van der Waals surface area contributed by atoms with Gasteiger partial charge in [-0.15, -0.1) is 0 Å². The number of nitrogens with zero attached hydrogens (tertiary/aromatic N) is 3. The first-order valence-corrected chi connectivity index (χ1v) is 17.1. The van der Waals surface area contributed by atoms with E-state index in [1.807, 2.05) is 36.7 Å². The first-order chi connectivity index (χ1) is 25.3. The molecule has 0 aliphatic heterocycles. The zero-order valence-electron chi connectivity index (χ0n) is 27.2. The number of fused-ring (bicyclic) bond motifs is 9. The fourth-order valence-corrected chi connectivity index (χ4v) is 7.92. The number of furan rings is 2. The van der Waals surface area contributed by atoms with E-state index in [0.717, 1.165) is 83.2 Å². The monoisotopic (exact) mass is 653 g/mol. The van der Waals surface area contributed by atoms with Crippen molar-refractivity contribution in [1.82, 2.24) is 14.5 Å². The standard InChI is InChI=1S/C46H27N3O2/c1-3-16-34(43-45-36(23-25-47-43)33-15-7-10-20-41(33)50-45)29(11-1)30-12-2-4-17-35(30)44-46-37(24-26-48-44)38-27-28(21-22-42(38)51-46)49-39-18-8-5-13-31(39)32-14-6-9-19-40(32)49/h1-27H. The lowest BCUT2D eigenvalue weighted by Gasteiger charge is -2.14. The Morgan fingerprint density at radius 3 is 1.45 bits per heavy atom. The van der Waals surface area contributed by atoms with Crippen LogP contribution in [0.1, 0.15) is 0 Å². The highest BCUT2D eigenvalue weighted by atomic mass is 16.3.